The number of rotatable bonds is 5. The van der Waals surface area contributed by atoms with Crippen molar-refractivity contribution in [3.05, 3.63) is 22.4 Å². The molecule has 1 saturated carbocycles. The van der Waals surface area contributed by atoms with Gasteiger partial charge in [-0.15, -0.1) is 11.3 Å². The molecule has 3 N–H and O–H groups in total. The monoisotopic (exact) mass is 210 g/mol. The van der Waals surface area contributed by atoms with Crippen LogP contribution in [0.2, 0.25) is 0 Å². The lowest BCUT2D eigenvalue weighted by molar-refractivity contribution is 0.229. The van der Waals surface area contributed by atoms with Gasteiger partial charge >= 0.3 is 0 Å². The first-order valence-electron chi connectivity index (χ1n) is 5.31. The Morgan fingerprint density at radius 2 is 2.36 bits per heavy atom. The van der Waals surface area contributed by atoms with Crippen LogP contribution in [0.5, 0.6) is 0 Å². The zero-order valence-electron chi connectivity index (χ0n) is 8.46. The van der Waals surface area contributed by atoms with Crippen LogP contribution < -0.4 is 11.1 Å². The van der Waals surface area contributed by atoms with Crippen molar-refractivity contribution in [2.24, 2.45) is 5.73 Å². The van der Waals surface area contributed by atoms with Gasteiger partial charge in [-0.1, -0.05) is 6.07 Å². The van der Waals surface area contributed by atoms with E-state index in [1.807, 2.05) is 0 Å². The Bertz CT molecular complexity index is 265. The molecule has 0 atom stereocenters. The van der Waals surface area contributed by atoms with Gasteiger partial charge in [0.2, 0.25) is 0 Å². The molecule has 2 nitrogen and oxygen atoms in total. The fourth-order valence-corrected chi connectivity index (χ4v) is 2.52. The number of hydrogen-bond acceptors (Lipinski definition) is 3. The Morgan fingerprint density at radius 3 is 2.93 bits per heavy atom. The maximum absolute atomic E-state index is 6.12. The van der Waals surface area contributed by atoms with E-state index < -0.39 is 0 Å². The van der Waals surface area contributed by atoms with E-state index in [9.17, 15) is 0 Å². The van der Waals surface area contributed by atoms with Crippen molar-refractivity contribution >= 4 is 11.3 Å². The summed E-state index contributed by atoms with van der Waals surface area (Å²) in [4.78, 5) is 1.41. The summed E-state index contributed by atoms with van der Waals surface area (Å²) in [6, 6.07) is 4.26. The zero-order valence-corrected chi connectivity index (χ0v) is 9.28. The van der Waals surface area contributed by atoms with Crippen LogP contribution in [0.3, 0.4) is 0 Å². The SMILES string of the molecule is NC1(CCNCc2cccs2)CCC1. The van der Waals surface area contributed by atoms with E-state index >= 15 is 0 Å². The van der Waals surface area contributed by atoms with Gasteiger partial charge in [0.1, 0.15) is 0 Å². The minimum atomic E-state index is 0.169. The maximum Gasteiger partial charge on any atom is 0.0299 e. The normalized spacial score (nSPS) is 19.2. The molecular formula is C11H18N2S. The molecule has 0 bridgehead atoms. The highest BCUT2D eigenvalue weighted by Gasteiger charge is 2.31. The smallest absolute Gasteiger partial charge is 0.0299 e. The van der Waals surface area contributed by atoms with Crippen molar-refractivity contribution in [1.29, 1.82) is 0 Å². The zero-order chi connectivity index (χ0) is 9.86. The summed E-state index contributed by atoms with van der Waals surface area (Å²) in [7, 11) is 0. The molecule has 14 heavy (non-hydrogen) atoms. The van der Waals surface area contributed by atoms with Crippen LogP contribution in [0.15, 0.2) is 17.5 Å². The molecule has 0 saturated heterocycles. The van der Waals surface area contributed by atoms with Gasteiger partial charge in [-0.2, -0.15) is 0 Å². The fourth-order valence-electron chi connectivity index (χ4n) is 1.84. The average Bonchev–Trinajstić information content (AvgIpc) is 2.62. The van der Waals surface area contributed by atoms with Crippen molar-refractivity contribution < 1.29 is 0 Å². The van der Waals surface area contributed by atoms with E-state index in [-0.39, 0.29) is 5.54 Å². The average molecular weight is 210 g/mol. The van der Waals surface area contributed by atoms with Gasteiger partial charge in [0.05, 0.1) is 0 Å². The fraction of sp³-hybridized carbons (Fsp3) is 0.636. The van der Waals surface area contributed by atoms with Gasteiger partial charge in [0.15, 0.2) is 0 Å². The topological polar surface area (TPSA) is 38.0 Å². The number of thiophene rings is 1. The Morgan fingerprint density at radius 1 is 1.50 bits per heavy atom. The highest BCUT2D eigenvalue weighted by Crippen LogP contribution is 2.31. The summed E-state index contributed by atoms with van der Waals surface area (Å²) < 4.78 is 0. The van der Waals surface area contributed by atoms with E-state index in [1.165, 1.54) is 24.1 Å². The predicted octanol–water partition coefficient (Wildman–Crippen LogP) is 2.11. The molecule has 0 spiro atoms. The highest BCUT2D eigenvalue weighted by molar-refractivity contribution is 7.09. The van der Waals surface area contributed by atoms with Gasteiger partial charge in [-0.3, -0.25) is 0 Å². The molecule has 2 rings (SSSR count). The van der Waals surface area contributed by atoms with E-state index in [1.54, 1.807) is 11.3 Å². The van der Waals surface area contributed by atoms with Gasteiger partial charge in [-0.25, -0.2) is 0 Å². The Hall–Kier alpha value is -0.380. The Kier molecular flexibility index (Phi) is 3.21. The standard InChI is InChI=1S/C11H18N2S/c12-11(4-2-5-11)6-7-13-9-10-3-1-8-14-10/h1,3,8,13H,2,4-7,9,12H2. The minimum Gasteiger partial charge on any atom is -0.325 e. The van der Waals surface area contributed by atoms with Crippen LogP contribution in [0.1, 0.15) is 30.6 Å². The molecular weight excluding hydrogens is 192 g/mol. The predicted molar refractivity (Wildman–Crippen MR) is 61.4 cm³/mol. The lowest BCUT2D eigenvalue weighted by Gasteiger charge is -2.38. The summed E-state index contributed by atoms with van der Waals surface area (Å²) in [6.45, 7) is 2.04. The van der Waals surface area contributed by atoms with Crippen LogP contribution in [-0.2, 0) is 6.54 Å². The van der Waals surface area contributed by atoms with E-state index in [2.05, 4.69) is 22.8 Å². The maximum atomic E-state index is 6.12. The second-order valence-corrected chi connectivity index (χ2v) is 5.25. The van der Waals surface area contributed by atoms with Crippen LogP contribution >= 0.6 is 11.3 Å². The second kappa shape index (κ2) is 4.43. The molecule has 0 amide bonds. The molecule has 0 aromatic carbocycles. The van der Waals surface area contributed by atoms with Gasteiger partial charge in [0.25, 0.3) is 0 Å². The molecule has 1 heterocycles. The van der Waals surface area contributed by atoms with Crippen molar-refractivity contribution in [1.82, 2.24) is 5.32 Å². The molecule has 0 aliphatic heterocycles. The van der Waals surface area contributed by atoms with Crippen molar-refractivity contribution in [2.75, 3.05) is 6.54 Å². The lowest BCUT2D eigenvalue weighted by Crippen LogP contribution is -2.48. The molecule has 1 aromatic heterocycles. The summed E-state index contributed by atoms with van der Waals surface area (Å²) in [5, 5.41) is 5.56. The third-order valence-electron chi connectivity index (χ3n) is 3.03. The molecule has 1 aromatic rings. The van der Waals surface area contributed by atoms with Gasteiger partial charge in [-0.05, 0) is 43.7 Å². The summed E-state index contributed by atoms with van der Waals surface area (Å²) in [5.41, 5.74) is 6.29. The summed E-state index contributed by atoms with van der Waals surface area (Å²) in [6.07, 6.45) is 4.88. The highest BCUT2D eigenvalue weighted by atomic mass is 32.1. The molecule has 3 heteroatoms. The Labute approximate surface area is 89.5 Å². The third-order valence-corrected chi connectivity index (χ3v) is 3.90. The number of nitrogens with two attached hydrogens (primary N) is 1. The molecule has 1 aliphatic rings. The minimum absolute atomic E-state index is 0.169. The molecule has 1 fully saturated rings. The van der Waals surface area contributed by atoms with E-state index in [4.69, 9.17) is 5.73 Å². The quantitative estimate of drug-likeness (QED) is 0.730. The van der Waals surface area contributed by atoms with Crippen LogP contribution in [0, 0.1) is 0 Å². The first-order chi connectivity index (χ1) is 6.79. The molecule has 0 radical (unpaired) electrons. The van der Waals surface area contributed by atoms with Gasteiger partial charge < -0.3 is 11.1 Å². The Balaban J connectivity index is 1.59. The van der Waals surface area contributed by atoms with E-state index in [0.717, 1.165) is 19.5 Å². The number of hydrogen-bond donors (Lipinski definition) is 2. The third kappa shape index (κ3) is 2.56. The van der Waals surface area contributed by atoms with Crippen LogP contribution in [-0.4, -0.2) is 12.1 Å². The van der Waals surface area contributed by atoms with Crippen molar-refractivity contribution in [2.45, 2.75) is 37.8 Å². The van der Waals surface area contributed by atoms with Crippen LogP contribution in [0.4, 0.5) is 0 Å². The molecule has 0 unspecified atom stereocenters. The first kappa shape index (κ1) is 10.1. The molecule has 1 aliphatic carbocycles. The number of nitrogens with one attached hydrogen (secondary N) is 1. The van der Waals surface area contributed by atoms with Gasteiger partial charge in [0, 0.05) is 17.0 Å². The first-order valence-corrected chi connectivity index (χ1v) is 6.18. The van der Waals surface area contributed by atoms with Crippen molar-refractivity contribution in [3.8, 4) is 0 Å². The second-order valence-electron chi connectivity index (χ2n) is 4.22. The molecule has 78 valence electrons. The van der Waals surface area contributed by atoms with Crippen molar-refractivity contribution in [3.63, 3.8) is 0 Å². The summed E-state index contributed by atoms with van der Waals surface area (Å²) >= 11 is 1.81. The van der Waals surface area contributed by atoms with E-state index in [0.29, 0.717) is 0 Å². The van der Waals surface area contributed by atoms with Crippen LogP contribution in [0.25, 0.3) is 0 Å². The lowest BCUT2D eigenvalue weighted by atomic mass is 9.75. The largest absolute Gasteiger partial charge is 0.325 e. The summed E-state index contributed by atoms with van der Waals surface area (Å²) in [5.74, 6) is 0.